The van der Waals surface area contributed by atoms with E-state index >= 15 is 0 Å². The summed E-state index contributed by atoms with van der Waals surface area (Å²) in [6.45, 7) is 0.387. The van der Waals surface area contributed by atoms with E-state index in [1.165, 1.54) is 42.1 Å². The average Bonchev–Trinajstić information content (AvgIpc) is 2.63. The Hall–Kier alpha value is -3.16. The van der Waals surface area contributed by atoms with E-state index in [-0.39, 0.29) is 29.5 Å². The van der Waals surface area contributed by atoms with Gasteiger partial charge >= 0.3 is 6.36 Å². The fourth-order valence-corrected chi connectivity index (χ4v) is 2.69. The second kappa shape index (κ2) is 7.61. The van der Waals surface area contributed by atoms with Crippen LogP contribution in [0.2, 0.25) is 0 Å². The third kappa shape index (κ3) is 4.52. The molecule has 0 atom stereocenters. The molecule has 2 aromatic carbocycles. The molecule has 0 aliphatic rings. The lowest BCUT2D eigenvalue weighted by molar-refractivity contribution is -0.274. The van der Waals surface area contributed by atoms with Gasteiger partial charge in [0.2, 0.25) is 0 Å². The van der Waals surface area contributed by atoms with E-state index < -0.39 is 12.1 Å². The van der Waals surface area contributed by atoms with Crippen LogP contribution in [0.5, 0.6) is 17.2 Å². The number of rotatable bonds is 6. The van der Waals surface area contributed by atoms with Gasteiger partial charge in [-0.05, 0) is 24.3 Å². The molecule has 5 nitrogen and oxygen atoms in total. The van der Waals surface area contributed by atoms with Crippen LogP contribution in [-0.2, 0) is 6.54 Å². The van der Waals surface area contributed by atoms with Crippen molar-refractivity contribution in [2.24, 2.45) is 0 Å². The number of alkyl halides is 3. The maximum Gasteiger partial charge on any atom is 0.573 e. The van der Waals surface area contributed by atoms with Gasteiger partial charge < -0.3 is 18.8 Å². The topological polar surface area (TPSA) is 49.7 Å². The fraction of sp³-hybridized carbons (Fsp3) is 0.211. The first-order valence-electron chi connectivity index (χ1n) is 8.02. The molecule has 27 heavy (non-hydrogen) atoms. The monoisotopic (exact) mass is 379 g/mol. The van der Waals surface area contributed by atoms with Crippen molar-refractivity contribution in [2.75, 3.05) is 13.7 Å². The Morgan fingerprint density at radius 2 is 1.78 bits per heavy atom. The van der Waals surface area contributed by atoms with E-state index in [0.29, 0.717) is 11.5 Å². The highest BCUT2D eigenvalue weighted by Crippen LogP contribution is 2.29. The van der Waals surface area contributed by atoms with Gasteiger partial charge in [0.1, 0.15) is 18.1 Å². The van der Waals surface area contributed by atoms with Crippen molar-refractivity contribution >= 4 is 10.9 Å². The second-order valence-corrected chi connectivity index (χ2v) is 5.60. The summed E-state index contributed by atoms with van der Waals surface area (Å²) in [5, 5.41) is 0.139. The molecule has 1 heterocycles. The summed E-state index contributed by atoms with van der Waals surface area (Å²) in [6, 6.07) is 12.2. The Kier molecular flexibility index (Phi) is 5.25. The van der Waals surface area contributed by atoms with Crippen molar-refractivity contribution in [3.05, 3.63) is 65.0 Å². The first kappa shape index (κ1) is 18.6. The highest BCUT2D eigenvalue weighted by molar-refractivity contribution is 5.84. The summed E-state index contributed by atoms with van der Waals surface area (Å²) in [4.78, 5) is 12.0. The molecular formula is C19H16F3NO4. The van der Waals surface area contributed by atoms with Gasteiger partial charge in [0.15, 0.2) is 11.2 Å². The SMILES string of the molecule is COc1cccc(OCCn2ccc(=O)c3cccc(OC(F)(F)F)c32)c1. The molecule has 8 heteroatoms. The lowest BCUT2D eigenvalue weighted by Crippen LogP contribution is -2.19. The molecule has 0 saturated carbocycles. The maximum absolute atomic E-state index is 12.7. The van der Waals surface area contributed by atoms with Gasteiger partial charge in [0.05, 0.1) is 19.2 Å². The molecule has 0 bridgehead atoms. The van der Waals surface area contributed by atoms with E-state index in [1.54, 1.807) is 24.3 Å². The van der Waals surface area contributed by atoms with Crippen molar-refractivity contribution in [3.63, 3.8) is 0 Å². The van der Waals surface area contributed by atoms with Crippen LogP contribution < -0.4 is 19.6 Å². The minimum atomic E-state index is -4.86. The van der Waals surface area contributed by atoms with Crippen LogP contribution in [0, 0.1) is 0 Å². The quantitative estimate of drug-likeness (QED) is 0.650. The fourth-order valence-electron chi connectivity index (χ4n) is 2.69. The Morgan fingerprint density at radius 3 is 2.52 bits per heavy atom. The van der Waals surface area contributed by atoms with Gasteiger partial charge in [-0.15, -0.1) is 13.2 Å². The molecule has 0 aliphatic carbocycles. The first-order valence-corrected chi connectivity index (χ1v) is 8.02. The number of hydrogen-bond acceptors (Lipinski definition) is 4. The van der Waals surface area contributed by atoms with Gasteiger partial charge in [0.25, 0.3) is 0 Å². The number of aromatic nitrogens is 1. The summed E-state index contributed by atoms with van der Waals surface area (Å²) >= 11 is 0. The van der Waals surface area contributed by atoms with Gasteiger partial charge in [-0.2, -0.15) is 0 Å². The number of hydrogen-bond donors (Lipinski definition) is 0. The zero-order chi connectivity index (χ0) is 19.4. The van der Waals surface area contributed by atoms with Crippen LogP contribution in [0.1, 0.15) is 0 Å². The van der Waals surface area contributed by atoms with Crippen molar-refractivity contribution in [3.8, 4) is 17.2 Å². The number of para-hydroxylation sites is 1. The third-order valence-electron chi connectivity index (χ3n) is 3.83. The van der Waals surface area contributed by atoms with Gasteiger partial charge in [-0.3, -0.25) is 4.79 Å². The second-order valence-electron chi connectivity index (χ2n) is 5.60. The van der Waals surface area contributed by atoms with Gasteiger partial charge in [-0.25, -0.2) is 0 Å². The number of benzene rings is 2. The van der Waals surface area contributed by atoms with Gasteiger partial charge in [-0.1, -0.05) is 12.1 Å². The van der Waals surface area contributed by atoms with Crippen LogP contribution in [0.15, 0.2) is 59.5 Å². The zero-order valence-electron chi connectivity index (χ0n) is 14.3. The van der Waals surface area contributed by atoms with Crippen molar-refractivity contribution in [2.45, 2.75) is 12.9 Å². The number of ether oxygens (including phenoxy) is 3. The predicted molar refractivity (Wildman–Crippen MR) is 93.4 cm³/mol. The summed E-state index contributed by atoms with van der Waals surface area (Å²) in [5.74, 6) is 0.757. The molecule has 0 saturated heterocycles. The Labute approximate surface area is 152 Å². The standard InChI is InChI=1S/C19H16F3NO4/c1-25-13-4-2-5-14(12-13)26-11-10-23-9-8-16(24)15-6-3-7-17(18(15)23)27-19(20,21)22/h2-9,12H,10-11H2,1H3. The number of halogens is 3. The molecule has 0 fully saturated rings. The lowest BCUT2D eigenvalue weighted by atomic mass is 10.2. The average molecular weight is 379 g/mol. The maximum atomic E-state index is 12.7. The molecule has 0 radical (unpaired) electrons. The Bertz CT molecular complexity index is 998. The highest BCUT2D eigenvalue weighted by Gasteiger charge is 2.32. The summed E-state index contributed by atoms with van der Waals surface area (Å²) < 4.78 is 54.4. The Morgan fingerprint density at radius 1 is 1.04 bits per heavy atom. The number of pyridine rings is 1. The Balaban J connectivity index is 1.87. The molecular weight excluding hydrogens is 363 g/mol. The van der Waals surface area contributed by atoms with Gasteiger partial charge in [0, 0.05) is 23.7 Å². The molecule has 0 unspecified atom stereocenters. The molecule has 1 aromatic heterocycles. The van der Waals surface area contributed by atoms with Crippen LogP contribution in [0.4, 0.5) is 13.2 Å². The minimum Gasteiger partial charge on any atom is -0.497 e. The number of nitrogens with zero attached hydrogens (tertiary/aromatic N) is 1. The number of methoxy groups -OCH3 is 1. The molecule has 3 rings (SSSR count). The van der Waals surface area contributed by atoms with E-state index in [0.717, 1.165) is 0 Å². The van der Waals surface area contributed by atoms with Crippen molar-refractivity contribution in [1.29, 1.82) is 0 Å². The van der Waals surface area contributed by atoms with Crippen LogP contribution in [-0.4, -0.2) is 24.6 Å². The zero-order valence-corrected chi connectivity index (χ0v) is 14.3. The summed E-state index contributed by atoms with van der Waals surface area (Å²) in [5.41, 5.74) is -0.320. The largest absolute Gasteiger partial charge is 0.573 e. The lowest BCUT2D eigenvalue weighted by Gasteiger charge is -2.16. The molecule has 3 aromatic rings. The van der Waals surface area contributed by atoms with E-state index in [4.69, 9.17) is 9.47 Å². The molecule has 0 amide bonds. The van der Waals surface area contributed by atoms with Crippen molar-refractivity contribution < 1.29 is 27.4 Å². The van der Waals surface area contributed by atoms with Crippen molar-refractivity contribution in [1.82, 2.24) is 4.57 Å². The predicted octanol–water partition coefficient (Wildman–Crippen LogP) is 3.99. The van der Waals surface area contributed by atoms with E-state index in [1.807, 2.05) is 0 Å². The van der Waals surface area contributed by atoms with Crippen LogP contribution in [0.3, 0.4) is 0 Å². The molecule has 142 valence electrons. The van der Waals surface area contributed by atoms with Crippen LogP contribution in [0.25, 0.3) is 10.9 Å². The number of fused-ring (bicyclic) bond motifs is 1. The van der Waals surface area contributed by atoms with E-state index in [2.05, 4.69) is 4.74 Å². The first-order chi connectivity index (χ1) is 12.9. The van der Waals surface area contributed by atoms with E-state index in [9.17, 15) is 18.0 Å². The highest BCUT2D eigenvalue weighted by atomic mass is 19.4. The van der Waals surface area contributed by atoms with Crippen LogP contribution >= 0.6 is 0 Å². The normalized spacial score (nSPS) is 11.4. The molecule has 0 N–H and O–H groups in total. The summed E-state index contributed by atoms with van der Waals surface area (Å²) in [7, 11) is 1.54. The molecule has 0 aliphatic heterocycles. The minimum absolute atomic E-state index is 0.0663. The molecule has 0 spiro atoms. The third-order valence-corrected chi connectivity index (χ3v) is 3.83. The smallest absolute Gasteiger partial charge is 0.497 e. The summed E-state index contributed by atoms with van der Waals surface area (Å²) in [6.07, 6.45) is -3.44.